The molecule has 1 aliphatic heterocycles. The average molecular weight is 466 g/mol. The van der Waals surface area contributed by atoms with Crippen molar-refractivity contribution in [2.75, 3.05) is 26.0 Å². The van der Waals surface area contributed by atoms with Gasteiger partial charge in [-0.2, -0.15) is 4.98 Å². The fourth-order valence-corrected chi connectivity index (χ4v) is 4.11. The van der Waals surface area contributed by atoms with Gasteiger partial charge in [-0.1, -0.05) is 5.16 Å². The van der Waals surface area contributed by atoms with Crippen molar-refractivity contribution in [3.05, 3.63) is 36.0 Å². The van der Waals surface area contributed by atoms with E-state index in [9.17, 15) is 13.2 Å². The van der Waals surface area contributed by atoms with Crippen LogP contribution in [0, 0.1) is 0 Å². The average Bonchev–Trinajstić information content (AvgIpc) is 3.22. The number of carbonyl (C=O) groups is 1. The summed E-state index contributed by atoms with van der Waals surface area (Å²) in [7, 11) is -3.20. The number of ether oxygens (including phenoxy) is 2. The number of aryl methyl sites for hydroxylation is 1. The number of piperidine rings is 1. The minimum atomic E-state index is -3.20. The van der Waals surface area contributed by atoms with Crippen LogP contribution in [0.15, 0.2) is 33.7 Å². The zero-order valence-electron chi connectivity index (χ0n) is 18.8. The second-order valence-corrected chi connectivity index (χ2v) is 10.3. The molecule has 1 aromatic heterocycles. The first-order valence-electron chi connectivity index (χ1n) is 10.9. The van der Waals surface area contributed by atoms with Crippen LogP contribution in [-0.2, 0) is 21.0 Å². The summed E-state index contributed by atoms with van der Waals surface area (Å²) in [5.41, 5.74) is 0. The molecule has 1 aliphatic rings. The molecule has 0 bridgehead atoms. The molecule has 3 rings (SSSR count). The number of nitrogens with zero attached hydrogens (tertiary/aromatic N) is 3. The maximum atomic E-state index is 12.0. The Hall–Kier alpha value is -2.62. The lowest BCUT2D eigenvalue weighted by Crippen LogP contribution is -2.39. The van der Waals surface area contributed by atoms with Crippen LogP contribution in [0.5, 0.6) is 5.75 Å². The van der Waals surface area contributed by atoms with Crippen LogP contribution in [0.1, 0.15) is 57.2 Å². The first kappa shape index (κ1) is 24.0. The zero-order valence-corrected chi connectivity index (χ0v) is 19.6. The van der Waals surface area contributed by atoms with Crippen LogP contribution in [0.3, 0.4) is 0 Å². The van der Waals surface area contributed by atoms with E-state index >= 15 is 0 Å². The SMILES string of the molecule is CC(C)OC(=O)N1CCC(c2nc(CCCCOc3ccc(S(C)(=O)=O)cc3)no2)CC1. The lowest BCUT2D eigenvalue weighted by Gasteiger charge is -2.30. The van der Waals surface area contributed by atoms with Gasteiger partial charge in [-0.3, -0.25) is 0 Å². The van der Waals surface area contributed by atoms with Crippen molar-refractivity contribution >= 4 is 15.9 Å². The highest BCUT2D eigenvalue weighted by Gasteiger charge is 2.28. The molecule has 176 valence electrons. The Bertz CT molecular complexity index is 979. The number of unbranched alkanes of at least 4 members (excludes halogenated alkanes) is 1. The lowest BCUT2D eigenvalue weighted by molar-refractivity contribution is 0.0677. The second kappa shape index (κ2) is 10.8. The van der Waals surface area contributed by atoms with Crippen LogP contribution in [0.25, 0.3) is 0 Å². The number of sulfone groups is 1. The second-order valence-electron chi connectivity index (χ2n) is 8.29. The number of likely N-dealkylation sites (tertiary alicyclic amines) is 1. The highest BCUT2D eigenvalue weighted by atomic mass is 32.2. The van der Waals surface area contributed by atoms with Crippen molar-refractivity contribution in [3.63, 3.8) is 0 Å². The van der Waals surface area contributed by atoms with Gasteiger partial charge in [-0.05, 0) is 63.8 Å². The Labute approximate surface area is 189 Å². The Morgan fingerprint density at radius 3 is 2.50 bits per heavy atom. The smallest absolute Gasteiger partial charge is 0.410 e. The Morgan fingerprint density at radius 1 is 1.19 bits per heavy atom. The summed E-state index contributed by atoms with van der Waals surface area (Å²) in [6.07, 6.45) is 4.70. The summed E-state index contributed by atoms with van der Waals surface area (Å²) in [6, 6.07) is 6.41. The van der Waals surface area contributed by atoms with Gasteiger partial charge < -0.3 is 18.9 Å². The normalized spacial score (nSPS) is 15.2. The first-order valence-corrected chi connectivity index (χ1v) is 12.8. The maximum absolute atomic E-state index is 12.0. The molecule has 0 aliphatic carbocycles. The highest BCUT2D eigenvalue weighted by molar-refractivity contribution is 7.90. The molecule has 1 fully saturated rings. The van der Waals surface area contributed by atoms with Gasteiger partial charge in [-0.15, -0.1) is 0 Å². The predicted octanol–water partition coefficient (Wildman–Crippen LogP) is 3.60. The summed E-state index contributed by atoms with van der Waals surface area (Å²) in [5, 5.41) is 4.08. The number of rotatable bonds is 9. The number of carbonyl (C=O) groups excluding carboxylic acids is 1. The molecule has 10 heteroatoms. The quantitative estimate of drug-likeness (QED) is 0.517. The molecule has 9 nitrogen and oxygen atoms in total. The maximum Gasteiger partial charge on any atom is 0.410 e. The number of hydrogen-bond donors (Lipinski definition) is 0. The zero-order chi connectivity index (χ0) is 23.1. The summed E-state index contributed by atoms with van der Waals surface area (Å²) in [4.78, 5) is 18.5. The van der Waals surface area contributed by atoms with Crippen molar-refractivity contribution in [2.24, 2.45) is 0 Å². The Kier molecular flexibility index (Phi) is 8.11. The molecule has 0 atom stereocenters. The molecular weight excluding hydrogens is 434 g/mol. The first-order chi connectivity index (χ1) is 15.2. The van der Waals surface area contributed by atoms with Crippen molar-refractivity contribution in [1.82, 2.24) is 15.0 Å². The van der Waals surface area contributed by atoms with Crippen LogP contribution in [-0.4, -0.2) is 61.6 Å². The molecule has 32 heavy (non-hydrogen) atoms. The van der Waals surface area contributed by atoms with Crippen molar-refractivity contribution < 1.29 is 27.2 Å². The molecule has 1 aromatic carbocycles. The molecule has 1 amide bonds. The van der Waals surface area contributed by atoms with Gasteiger partial charge in [-0.25, -0.2) is 13.2 Å². The third kappa shape index (κ3) is 6.94. The molecule has 0 unspecified atom stereocenters. The van der Waals surface area contributed by atoms with Gasteiger partial charge in [0.05, 0.1) is 17.6 Å². The van der Waals surface area contributed by atoms with Crippen LogP contribution in [0.4, 0.5) is 4.79 Å². The van der Waals surface area contributed by atoms with Crippen LogP contribution in [0.2, 0.25) is 0 Å². The standard InChI is InChI=1S/C22H31N3O6S/c1-16(2)30-22(26)25-13-11-17(12-14-25)21-23-20(24-31-21)6-4-5-15-29-18-7-9-19(10-8-18)32(3,27)28/h7-10,16-17H,4-6,11-15H2,1-3H3. The van der Waals surface area contributed by atoms with Gasteiger partial charge in [0.25, 0.3) is 0 Å². The molecule has 0 saturated carbocycles. The molecule has 2 aromatic rings. The third-order valence-corrected chi connectivity index (χ3v) is 6.37. The summed E-state index contributed by atoms with van der Waals surface area (Å²) in [6.45, 7) is 5.45. The highest BCUT2D eigenvalue weighted by Crippen LogP contribution is 2.27. The van der Waals surface area contributed by atoms with E-state index in [2.05, 4.69) is 10.1 Å². The fraction of sp³-hybridized carbons (Fsp3) is 0.591. The van der Waals surface area contributed by atoms with Crippen LogP contribution >= 0.6 is 0 Å². The fourth-order valence-electron chi connectivity index (χ4n) is 3.48. The molecule has 0 spiro atoms. The van der Waals surface area contributed by atoms with E-state index in [4.69, 9.17) is 14.0 Å². The summed E-state index contributed by atoms with van der Waals surface area (Å²) < 4.78 is 39.3. The predicted molar refractivity (Wildman–Crippen MR) is 117 cm³/mol. The van der Waals surface area contributed by atoms with Gasteiger partial charge >= 0.3 is 6.09 Å². The number of hydrogen-bond acceptors (Lipinski definition) is 8. The molecule has 0 radical (unpaired) electrons. The Balaban J connectivity index is 1.36. The number of aromatic nitrogens is 2. The largest absolute Gasteiger partial charge is 0.494 e. The van der Waals surface area contributed by atoms with E-state index in [1.54, 1.807) is 29.2 Å². The van der Waals surface area contributed by atoms with Gasteiger partial charge in [0.2, 0.25) is 5.89 Å². The third-order valence-electron chi connectivity index (χ3n) is 5.24. The van der Waals surface area contributed by atoms with E-state index in [1.807, 2.05) is 13.8 Å². The lowest BCUT2D eigenvalue weighted by atomic mass is 9.97. The monoisotopic (exact) mass is 465 g/mol. The van der Waals surface area contributed by atoms with Gasteiger partial charge in [0.1, 0.15) is 5.75 Å². The van der Waals surface area contributed by atoms with Crippen LogP contribution < -0.4 is 4.74 Å². The van der Waals surface area contributed by atoms with E-state index in [1.165, 1.54) is 6.26 Å². The van der Waals surface area contributed by atoms with Crippen molar-refractivity contribution in [3.8, 4) is 5.75 Å². The molecule has 2 heterocycles. The van der Waals surface area contributed by atoms with Gasteiger partial charge in [0.15, 0.2) is 15.7 Å². The Morgan fingerprint density at radius 2 is 1.88 bits per heavy atom. The summed E-state index contributed by atoms with van der Waals surface area (Å²) >= 11 is 0. The summed E-state index contributed by atoms with van der Waals surface area (Å²) in [5.74, 6) is 2.12. The van der Waals surface area contributed by atoms with Crippen molar-refractivity contribution in [1.29, 1.82) is 0 Å². The minimum absolute atomic E-state index is 0.121. The van der Waals surface area contributed by atoms with Crippen molar-refractivity contribution in [2.45, 2.75) is 62.9 Å². The number of benzene rings is 1. The van der Waals surface area contributed by atoms with E-state index < -0.39 is 9.84 Å². The minimum Gasteiger partial charge on any atom is -0.494 e. The topological polar surface area (TPSA) is 112 Å². The molecule has 1 saturated heterocycles. The van der Waals surface area contributed by atoms with E-state index in [0.29, 0.717) is 43.6 Å². The van der Waals surface area contributed by atoms with Gasteiger partial charge in [0, 0.05) is 31.7 Å². The molecule has 0 N–H and O–H groups in total. The number of amides is 1. The molecular formula is C22H31N3O6S. The van der Waals surface area contributed by atoms with E-state index in [-0.39, 0.29) is 23.0 Å². The van der Waals surface area contributed by atoms with E-state index in [0.717, 1.165) is 25.7 Å².